The third-order valence-corrected chi connectivity index (χ3v) is 2.07. The molecule has 0 spiro atoms. The highest BCUT2D eigenvalue weighted by molar-refractivity contribution is 7.99. The summed E-state index contributed by atoms with van der Waals surface area (Å²) >= 11 is 1.69. The highest BCUT2D eigenvalue weighted by Crippen LogP contribution is 2.05. The van der Waals surface area contributed by atoms with Gasteiger partial charge in [0.2, 0.25) is 0 Å². The van der Waals surface area contributed by atoms with Crippen LogP contribution in [0.5, 0.6) is 0 Å². The molecule has 0 amide bonds. The average Bonchev–Trinajstić information content (AvgIpc) is 1.89. The lowest BCUT2D eigenvalue weighted by Gasteiger charge is -2.03. The van der Waals surface area contributed by atoms with Gasteiger partial charge in [-0.15, -0.1) is 18.2 Å². The number of hydrogen-bond donors (Lipinski definition) is 1. The molecule has 0 aliphatic heterocycles. The van der Waals surface area contributed by atoms with Gasteiger partial charge in [0.25, 0.3) is 0 Å². The molecule has 0 aliphatic carbocycles. The third kappa shape index (κ3) is 5.75. The Bertz CT molecular complexity index is 95.6. The molecule has 0 aromatic carbocycles. The van der Waals surface area contributed by atoms with E-state index in [0.29, 0.717) is 5.92 Å². The van der Waals surface area contributed by atoms with E-state index in [9.17, 15) is 0 Å². The van der Waals surface area contributed by atoms with E-state index in [-0.39, 0.29) is 6.61 Å². The number of aliphatic hydroxyl groups excluding tert-OH is 1. The summed E-state index contributed by atoms with van der Waals surface area (Å²) in [5.41, 5.74) is 0. The van der Waals surface area contributed by atoms with Gasteiger partial charge in [0.15, 0.2) is 0 Å². The minimum atomic E-state index is 0.261. The molecule has 0 rings (SSSR count). The SMILES string of the molecule is C#CCSCC(C)CO. The monoisotopic (exact) mass is 144 g/mol. The molecule has 1 unspecified atom stereocenters. The summed E-state index contributed by atoms with van der Waals surface area (Å²) in [6.07, 6.45) is 5.02. The lowest BCUT2D eigenvalue weighted by Crippen LogP contribution is -2.03. The molecule has 52 valence electrons. The summed E-state index contributed by atoms with van der Waals surface area (Å²) < 4.78 is 0. The number of rotatable bonds is 4. The second kappa shape index (κ2) is 6.00. The largest absolute Gasteiger partial charge is 0.396 e. The van der Waals surface area contributed by atoms with E-state index in [1.807, 2.05) is 6.92 Å². The standard InChI is InChI=1S/C7H12OS/c1-3-4-9-6-7(2)5-8/h1,7-8H,4-6H2,2H3. The Morgan fingerprint density at radius 2 is 2.44 bits per heavy atom. The van der Waals surface area contributed by atoms with Crippen LogP contribution in [0.3, 0.4) is 0 Å². The van der Waals surface area contributed by atoms with Crippen LogP contribution in [-0.2, 0) is 0 Å². The molecule has 0 aromatic rings. The fraction of sp³-hybridized carbons (Fsp3) is 0.714. The molecule has 0 heterocycles. The fourth-order valence-electron chi connectivity index (χ4n) is 0.372. The van der Waals surface area contributed by atoms with Gasteiger partial charge in [0, 0.05) is 6.61 Å². The lowest BCUT2D eigenvalue weighted by molar-refractivity contribution is 0.250. The Morgan fingerprint density at radius 1 is 1.78 bits per heavy atom. The maximum absolute atomic E-state index is 8.57. The van der Waals surface area contributed by atoms with Crippen LogP contribution >= 0.6 is 11.8 Å². The van der Waals surface area contributed by atoms with Crippen molar-refractivity contribution in [1.29, 1.82) is 0 Å². The molecule has 0 aliphatic rings. The predicted molar refractivity (Wildman–Crippen MR) is 42.4 cm³/mol. The zero-order valence-electron chi connectivity index (χ0n) is 5.63. The Morgan fingerprint density at radius 3 is 2.89 bits per heavy atom. The molecular weight excluding hydrogens is 132 g/mol. The summed E-state index contributed by atoms with van der Waals surface area (Å²) in [5.74, 6) is 4.62. The van der Waals surface area contributed by atoms with E-state index in [2.05, 4.69) is 5.92 Å². The second-order valence-electron chi connectivity index (χ2n) is 2.01. The van der Waals surface area contributed by atoms with Crippen LogP contribution in [0.25, 0.3) is 0 Å². The van der Waals surface area contributed by atoms with Gasteiger partial charge in [-0.2, -0.15) is 0 Å². The number of terminal acetylenes is 1. The molecule has 2 heteroatoms. The molecule has 0 fully saturated rings. The van der Waals surface area contributed by atoms with Crippen LogP contribution in [0, 0.1) is 18.3 Å². The summed E-state index contributed by atoms with van der Waals surface area (Å²) in [7, 11) is 0. The smallest absolute Gasteiger partial charge is 0.0544 e. The van der Waals surface area contributed by atoms with E-state index in [1.165, 1.54) is 0 Å². The average molecular weight is 144 g/mol. The topological polar surface area (TPSA) is 20.2 Å². The number of aliphatic hydroxyl groups is 1. The van der Waals surface area contributed by atoms with Crippen LogP contribution < -0.4 is 0 Å². The van der Waals surface area contributed by atoms with Crippen molar-refractivity contribution in [2.75, 3.05) is 18.1 Å². The first kappa shape index (κ1) is 8.87. The quantitative estimate of drug-likeness (QED) is 0.469. The normalized spacial score (nSPS) is 12.6. The van der Waals surface area contributed by atoms with Crippen molar-refractivity contribution in [3.8, 4) is 12.3 Å². The predicted octanol–water partition coefficient (Wildman–Crippen LogP) is 0.981. The van der Waals surface area contributed by atoms with Crippen molar-refractivity contribution in [2.24, 2.45) is 5.92 Å². The van der Waals surface area contributed by atoms with E-state index >= 15 is 0 Å². The Kier molecular flexibility index (Phi) is 5.91. The van der Waals surface area contributed by atoms with E-state index in [1.54, 1.807) is 11.8 Å². The molecule has 0 saturated heterocycles. The summed E-state index contributed by atoms with van der Waals surface area (Å²) in [4.78, 5) is 0. The van der Waals surface area contributed by atoms with Gasteiger partial charge in [-0.3, -0.25) is 0 Å². The maximum atomic E-state index is 8.57. The first-order valence-electron chi connectivity index (χ1n) is 2.93. The molecule has 1 N–H and O–H groups in total. The van der Waals surface area contributed by atoms with Gasteiger partial charge < -0.3 is 5.11 Å². The first-order chi connectivity index (χ1) is 4.31. The van der Waals surface area contributed by atoms with Gasteiger partial charge in [-0.1, -0.05) is 12.8 Å². The van der Waals surface area contributed by atoms with E-state index in [4.69, 9.17) is 11.5 Å². The third-order valence-electron chi connectivity index (χ3n) is 0.899. The second-order valence-corrected chi connectivity index (χ2v) is 3.04. The summed E-state index contributed by atoms with van der Waals surface area (Å²) in [6, 6.07) is 0. The molecule has 9 heavy (non-hydrogen) atoms. The molecule has 0 saturated carbocycles. The van der Waals surface area contributed by atoms with Gasteiger partial charge in [0.1, 0.15) is 0 Å². The van der Waals surface area contributed by atoms with Gasteiger partial charge >= 0.3 is 0 Å². The van der Waals surface area contributed by atoms with Crippen LogP contribution in [0.1, 0.15) is 6.92 Å². The molecule has 1 nitrogen and oxygen atoms in total. The molecule has 0 bridgehead atoms. The Labute approximate surface area is 60.8 Å². The lowest BCUT2D eigenvalue weighted by atomic mass is 10.2. The Hall–Kier alpha value is -0.130. The minimum absolute atomic E-state index is 0.261. The van der Waals surface area contributed by atoms with Crippen molar-refractivity contribution in [1.82, 2.24) is 0 Å². The number of thioether (sulfide) groups is 1. The Balaban J connectivity index is 2.99. The molecule has 1 atom stereocenters. The van der Waals surface area contributed by atoms with Crippen molar-refractivity contribution in [2.45, 2.75) is 6.92 Å². The van der Waals surface area contributed by atoms with Crippen LogP contribution in [0.2, 0.25) is 0 Å². The molecular formula is C7H12OS. The van der Waals surface area contributed by atoms with Crippen molar-refractivity contribution >= 4 is 11.8 Å². The molecule has 0 radical (unpaired) electrons. The summed E-state index contributed by atoms with van der Waals surface area (Å²) in [5, 5.41) is 8.57. The highest BCUT2D eigenvalue weighted by Gasteiger charge is 1.96. The van der Waals surface area contributed by atoms with Gasteiger partial charge in [-0.25, -0.2) is 0 Å². The summed E-state index contributed by atoms with van der Waals surface area (Å²) in [6.45, 7) is 2.26. The van der Waals surface area contributed by atoms with Crippen LogP contribution in [0.15, 0.2) is 0 Å². The van der Waals surface area contributed by atoms with Gasteiger partial charge in [-0.05, 0) is 11.7 Å². The minimum Gasteiger partial charge on any atom is -0.396 e. The zero-order valence-corrected chi connectivity index (χ0v) is 6.45. The maximum Gasteiger partial charge on any atom is 0.0544 e. The number of hydrogen-bond acceptors (Lipinski definition) is 2. The fourth-order valence-corrected chi connectivity index (χ4v) is 1.12. The van der Waals surface area contributed by atoms with E-state index < -0.39 is 0 Å². The zero-order chi connectivity index (χ0) is 7.11. The van der Waals surface area contributed by atoms with Gasteiger partial charge in [0.05, 0.1) is 5.75 Å². The van der Waals surface area contributed by atoms with Crippen LogP contribution in [0.4, 0.5) is 0 Å². The van der Waals surface area contributed by atoms with Crippen molar-refractivity contribution < 1.29 is 5.11 Å². The molecule has 0 aromatic heterocycles. The first-order valence-corrected chi connectivity index (χ1v) is 4.08. The van der Waals surface area contributed by atoms with Crippen molar-refractivity contribution in [3.05, 3.63) is 0 Å². The highest BCUT2D eigenvalue weighted by atomic mass is 32.2. The van der Waals surface area contributed by atoms with Crippen LogP contribution in [-0.4, -0.2) is 23.2 Å². The van der Waals surface area contributed by atoms with E-state index in [0.717, 1.165) is 11.5 Å². The van der Waals surface area contributed by atoms with Crippen molar-refractivity contribution in [3.63, 3.8) is 0 Å².